The van der Waals surface area contributed by atoms with E-state index in [0.717, 1.165) is 0 Å². The number of halogens is 2. The number of nitrogens with zero attached hydrogens (tertiary/aromatic N) is 2. The summed E-state index contributed by atoms with van der Waals surface area (Å²) in [6, 6.07) is 4.26. The highest BCUT2D eigenvalue weighted by molar-refractivity contribution is 9.10. The number of ether oxygens (including phenoxy) is 3. The van der Waals surface area contributed by atoms with Gasteiger partial charge in [-0.1, -0.05) is 6.07 Å². The van der Waals surface area contributed by atoms with Crippen molar-refractivity contribution < 1.29 is 38.4 Å². The van der Waals surface area contributed by atoms with E-state index >= 15 is 0 Å². The standard InChI is InChI=1S/C23H32BrFN2O7/c1-22(2,3)34-21(31)27(12-16(28)14-32-18-6-4-5-17(24)19(18)25)15-11-23(33-13-15)7-9-26(10-8-23)20(29)30/h4-6,15-16,28H,7-14H2,1-3H3,(H,29,30). The maximum absolute atomic E-state index is 14.2. The number of carbonyl (C=O) groups is 2. The minimum absolute atomic E-state index is 0.00872. The molecule has 2 unspecified atom stereocenters. The third kappa shape index (κ3) is 6.73. The van der Waals surface area contributed by atoms with E-state index in [1.165, 1.54) is 15.9 Å². The third-order valence-electron chi connectivity index (χ3n) is 5.96. The van der Waals surface area contributed by atoms with Gasteiger partial charge >= 0.3 is 12.2 Å². The molecule has 1 aromatic rings. The summed E-state index contributed by atoms with van der Waals surface area (Å²) in [7, 11) is 0. The van der Waals surface area contributed by atoms with Crippen LogP contribution in [0.1, 0.15) is 40.0 Å². The van der Waals surface area contributed by atoms with Crippen LogP contribution in [0.2, 0.25) is 0 Å². The second-order valence-corrected chi connectivity index (χ2v) is 10.6. The Balaban J connectivity index is 1.66. The molecule has 1 spiro atoms. The lowest BCUT2D eigenvalue weighted by molar-refractivity contribution is -0.0407. The first-order valence-corrected chi connectivity index (χ1v) is 12.0. The number of piperidine rings is 1. The van der Waals surface area contributed by atoms with Gasteiger partial charge in [-0.3, -0.25) is 0 Å². The van der Waals surface area contributed by atoms with Crippen LogP contribution in [0, 0.1) is 5.82 Å². The van der Waals surface area contributed by atoms with Crippen LogP contribution in [0.15, 0.2) is 22.7 Å². The van der Waals surface area contributed by atoms with Crippen LogP contribution in [0.4, 0.5) is 14.0 Å². The van der Waals surface area contributed by atoms with Crippen molar-refractivity contribution in [3.8, 4) is 5.75 Å². The van der Waals surface area contributed by atoms with E-state index in [1.807, 2.05) is 0 Å². The molecular formula is C23H32BrFN2O7. The van der Waals surface area contributed by atoms with E-state index in [9.17, 15) is 24.2 Å². The topological polar surface area (TPSA) is 109 Å². The maximum Gasteiger partial charge on any atom is 0.410 e. The average molecular weight is 547 g/mol. The van der Waals surface area contributed by atoms with Crippen molar-refractivity contribution in [1.29, 1.82) is 0 Å². The lowest BCUT2D eigenvalue weighted by Crippen LogP contribution is -2.50. The number of hydrogen-bond donors (Lipinski definition) is 2. The number of benzene rings is 1. The van der Waals surface area contributed by atoms with E-state index in [1.54, 1.807) is 32.9 Å². The quantitative estimate of drug-likeness (QED) is 0.557. The van der Waals surface area contributed by atoms with Crippen molar-refractivity contribution in [2.45, 2.75) is 63.4 Å². The summed E-state index contributed by atoms with van der Waals surface area (Å²) < 4.78 is 31.5. The molecule has 3 rings (SSSR count). The predicted molar refractivity (Wildman–Crippen MR) is 124 cm³/mol. The van der Waals surface area contributed by atoms with Gasteiger partial charge in [-0.25, -0.2) is 14.0 Å². The van der Waals surface area contributed by atoms with Crippen LogP contribution in [-0.4, -0.2) is 88.4 Å². The fourth-order valence-corrected chi connectivity index (χ4v) is 4.58. The average Bonchev–Trinajstić information content (AvgIpc) is 3.15. The molecule has 2 saturated heterocycles. The SMILES string of the molecule is CC(C)(C)OC(=O)N(CC(O)COc1cccc(Br)c1F)C1COC2(CCN(C(=O)O)CC2)C1. The van der Waals surface area contributed by atoms with E-state index in [0.29, 0.717) is 32.4 Å². The lowest BCUT2D eigenvalue weighted by Gasteiger charge is -2.38. The molecule has 1 aromatic carbocycles. The van der Waals surface area contributed by atoms with E-state index in [2.05, 4.69) is 15.9 Å². The molecule has 2 amide bonds. The van der Waals surface area contributed by atoms with Crippen LogP contribution in [0.3, 0.4) is 0 Å². The molecule has 0 saturated carbocycles. The number of aliphatic hydroxyl groups is 1. The predicted octanol–water partition coefficient (Wildman–Crippen LogP) is 3.87. The van der Waals surface area contributed by atoms with Gasteiger partial charge in [0.05, 0.1) is 29.3 Å². The van der Waals surface area contributed by atoms with Crippen LogP contribution < -0.4 is 4.74 Å². The van der Waals surface area contributed by atoms with E-state index < -0.39 is 35.3 Å². The lowest BCUT2D eigenvalue weighted by atomic mass is 9.87. The Kier molecular flexibility index (Phi) is 8.30. The maximum atomic E-state index is 14.2. The second-order valence-electron chi connectivity index (χ2n) is 9.77. The molecule has 2 aliphatic rings. The second kappa shape index (κ2) is 10.7. The minimum atomic E-state index is -1.10. The largest absolute Gasteiger partial charge is 0.488 e. The Morgan fingerprint density at radius 3 is 2.65 bits per heavy atom. The van der Waals surface area contributed by atoms with Gasteiger partial charge in [0.15, 0.2) is 11.6 Å². The van der Waals surface area contributed by atoms with Gasteiger partial charge < -0.3 is 34.2 Å². The van der Waals surface area contributed by atoms with Crippen molar-refractivity contribution in [1.82, 2.24) is 9.80 Å². The van der Waals surface area contributed by atoms with Gasteiger partial charge in [-0.15, -0.1) is 0 Å². The molecule has 2 atom stereocenters. The van der Waals surface area contributed by atoms with Gasteiger partial charge in [-0.2, -0.15) is 0 Å². The highest BCUT2D eigenvalue weighted by Crippen LogP contribution is 2.38. The summed E-state index contributed by atoms with van der Waals surface area (Å²) in [5, 5.41) is 19.8. The van der Waals surface area contributed by atoms with Crippen LogP contribution >= 0.6 is 15.9 Å². The molecule has 2 heterocycles. The number of likely N-dealkylation sites (tertiary alicyclic amines) is 1. The molecule has 0 aliphatic carbocycles. The molecule has 2 N–H and O–H groups in total. The zero-order valence-corrected chi connectivity index (χ0v) is 21.2. The highest BCUT2D eigenvalue weighted by Gasteiger charge is 2.47. The fourth-order valence-electron chi connectivity index (χ4n) is 4.23. The summed E-state index contributed by atoms with van der Waals surface area (Å²) in [6.45, 7) is 5.94. The Labute approximate surface area is 206 Å². The molecule has 2 aliphatic heterocycles. The first-order chi connectivity index (χ1) is 15.9. The molecule has 0 radical (unpaired) electrons. The zero-order valence-electron chi connectivity index (χ0n) is 19.6. The number of hydrogen-bond acceptors (Lipinski definition) is 6. The number of amides is 2. The Hall–Kier alpha value is -2.11. The summed E-state index contributed by atoms with van der Waals surface area (Å²) in [6.07, 6.45) is -1.07. The monoisotopic (exact) mass is 546 g/mol. The van der Waals surface area contributed by atoms with Crippen molar-refractivity contribution >= 4 is 28.1 Å². The molecule has 0 bridgehead atoms. The van der Waals surface area contributed by atoms with Crippen molar-refractivity contribution in [2.24, 2.45) is 0 Å². The molecule has 0 aromatic heterocycles. The number of aliphatic hydroxyl groups excluding tert-OH is 1. The van der Waals surface area contributed by atoms with Gasteiger partial charge in [0.2, 0.25) is 0 Å². The Morgan fingerprint density at radius 2 is 2.03 bits per heavy atom. The molecule has 9 nitrogen and oxygen atoms in total. The smallest absolute Gasteiger partial charge is 0.410 e. The number of carbonyl (C=O) groups excluding carboxylic acids is 1. The Morgan fingerprint density at radius 1 is 1.35 bits per heavy atom. The summed E-state index contributed by atoms with van der Waals surface area (Å²) in [5.74, 6) is -0.580. The van der Waals surface area contributed by atoms with Crippen LogP contribution in [0.25, 0.3) is 0 Å². The Bertz CT molecular complexity index is 887. The van der Waals surface area contributed by atoms with Crippen LogP contribution in [-0.2, 0) is 9.47 Å². The van der Waals surface area contributed by atoms with Crippen molar-refractivity contribution in [3.63, 3.8) is 0 Å². The first-order valence-electron chi connectivity index (χ1n) is 11.3. The summed E-state index contributed by atoms with van der Waals surface area (Å²) in [4.78, 5) is 27.0. The number of carboxylic acid groups (broad SMARTS) is 1. The van der Waals surface area contributed by atoms with E-state index in [-0.39, 0.29) is 36.0 Å². The fraction of sp³-hybridized carbons (Fsp3) is 0.652. The highest BCUT2D eigenvalue weighted by atomic mass is 79.9. The van der Waals surface area contributed by atoms with Gasteiger partial charge in [-0.05, 0) is 68.1 Å². The molecular weight excluding hydrogens is 515 g/mol. The zero-order chi connectivity index (χ0) is 25.1. The minimum Gasteiger partial charge on any atom is -0.488 e. The first kappa shape index (κ1) is 26.5. The van der Waals surface area contributed by atoms with E-state index in [4.69, 9.17) is 14.2 Å². The van der Waals surface area contributed by atoms with Crippen LogP contribution in [0.5, 0.6) is 5.75 Å². The molecule has 34 heavy (non-hydrogen) atoms. The van der Waals surface area contributed by atoms with Crippen molar-refractivity contribution in [3.05, 3.63) is 28.5 Å². The molecule has 190 valence electrons. The van der Waals surface area contributed by atoms with Gasteiger partial charge in [0.25, 0.3) is 0 Å². The summed E-state index contributed by atoms with van der Waals surface area (Å²) >= 11 is 3.10. The summed E-state index contributed by atoms with van der Waals surface area (Å²) in [5.41, 5.74) is -1.25. The molecule has 2 fully saturated rings. The third-order valence-corrected chi connectivity index (χ3v) is 6.57. The molecule has 11 heteroatoms. The van der Waals surface area contributed by atoms with Crippen molar-refractivity contribution in [2.75, 3.05) is 32.8 Å². The number of rotatable bonds is 6. The van der Waals surface area contributed by atoms with Gasteiger partial charge in [0, 0.05) is 13.1 Å². The normalized spacial score (nSPS) is 20.8. The van der Waals surface area contributed by atoms with Gasteiger partial charge in [0.1, 0.15) is 18.3 Å².